The van der Waals surface area contributed by atoms with Crippen LogP contribution in [0.15, 0.2) is 4.90 Å². The van der Waals surface area contributed by atoms with Crippen LogP contribution in [0, 0.1) is 5.92 Å². The molecule has 0 saturated heterocycles. The van der Waals surface area contributed by atoms with E-state index >= 15 is 0 Å². The van der Waals surface area contributed by atoms with Crippen LogP contribution in [0.2, 0.25) is 0 Å². The fraction of sp³-hybridized carbons (Fsp3) is 0.769. The van der Waals surface area contributed by atoms with Gasteiger partial charge in [0.25, 0.3) is 0 Å². The molecular weight excluding hydrogens is 262 g/mol. The smallest absolute Gasteiger partial charge is 0.241 e. The van der Waals surface area contributed by atoms with Crippen molar-refractivity contribution in [1.29, 1.82) is 0 Å². The molecule has 1 rings (SSSR count). The molecule has 1 aromatic heterocycles. The number of rotatable bonds is 7. The first-order valence-corrected chi connectivity index (χ1v) is 8.54. The summed E-state index contributed by atoms with van der Waals surface area (Å²) < 4.78 is 25.4. The van der Waals surface area contributed by atoms with Crippen LogP contribution in [0.1, 0.15) is 51.9 Å². The Morgan fingerprint density at radius 3 is 2.11 bits per heavy atom. The predicted octanol–water partition coefficient (Wildman–Crippen LogP) is 2.09. The molecule has 0 unspecified atom stereocenters. The van der Waals surface area contributed by atoms with Crippen molar-refractivity contribution in [3.05, 3.63) is 11.4 Å². The van der Waals surface area contributed by atoms with Crippen molar-refractivity contribution in [2.45, 2.75) is 64.8 Å². The van der Waals surface area contributed by atoms with Crippen LogP contribution in [0.5, 0.6) is 0 Å². The van der Waals surface area contributed by atoms with Gasteiger partial charge in [-0.3, -0.25) is 4.68 Å². The Kier molecular flexibility index (Phi) is 5.55. The van der Waals surface area contributed by atoms with E-state index in [0.717, 1.165) is 25.1 Å². The summed E-state index contributed by atoms with van der Waals surface area (Å²) in [4.78, 5) is 0.239. The van der Waals surface area contributed by atoms with Gasteiger partial charge in [0.1, 0.15) is 4.90 Å². The summed E-state index contributed by atoms with van der Waals surface area (Å²) in [5.74, 6) is 0.517. The van der Waals surface area contributed by atoms with Gasteiger partial charge < -0.3 is 0 Å². The average Bonchev–Trinajstić information content (AvgIpc) is 2.73. The maximum absolute atomic E-state index is 11.8. The van der Waals surface area contributed by atoms with Gasteiger partial charge in [0.05, 0.1) is 11.4 Å². The Morgan fingerprint density at radius 2 is 1.74 bits per heavy atom. The maximum Gasteiger partial charge on any atom is 0.241 e. The highest BCUT2D eigenvalue weighted by atomic mass is 32.2. The topological polar surface area (TPSA) is 78.0 Å². The molecule has 0 aliphatic heterocycles. The number of hydrogen-bond acceptors (Lipinski definition) is 3. The summed E-state index contributed by atoms with van der Waals surface area (Å²) in [5.41, 5.74) is 1.33. The van der Waals surface area contributed by atoms with E-state index in [9.17, 15) is 8.42 Å². The molecule has 110 valence electrons. The summed E-state index contributed by atoms with van der Waals surface area (Å²) >= 11 is 0. The first-order valence-electron chi connectivity index (χ1n) is 7.00. The van der Waals surface area contributed by atoms with Crippen LogP contribution in [-0.4, -0.2) is 18.2 Å². The number of aromatic nitrogens is 2. The average molecular weight is 287 g/mol. The lowest BCUT2D eigenvalue weighted by Gasteiger charge is -2.14. The normalized spacial score (nSPS) is 12.3. The summed E-state index contributed by atoms with van der Waals surface area (Å²) in [7, 11) is -3.70. The van der Waals surface area contributed by atoms with E-state index in [-0.39, 0.29) is 4.90 Å². The Morgan fingerprint density at radius 1 is 1.16 bits per heavy atom. The largest absolute Gasteiger partial charge is 0.268 e. The molecule has 0 amide bonds. The van der Waals surface area contributed by atoms with Crippen molar-refractivity contribution < 1.29 is 8.42 Å². The molecule has 6 heteroatoms. The van der Waals surface area contributed by atoms with Crippen molar-refractivity contribution in [3.63, 3.8) is 0 Å². The molecule has 0 atom stereocenters. The first kappa shape index (κ1) is 16.2. The molecule has 19 heavy (non-hydrogen) atoms. The van der Waals surface area contributed by atoms with Crippen LogP contribution in [0.4, 0.5) is 0 Å². The lowest BCUT2D eigenvalue weighted by atomic mass is 10.0. The SMILES string of the molecule is CCc1nn(CC(CC)CC)c(CC)c1S(N)(=O)=O. The molecule has 5 nitrogen and oxygen atoms in total. The Bertz CT molecular complexity index is 516. The quantitative estimate of drug-likeness (QED) is 0.834. The number of sulfonamides is 1. The van der Waals surface area contributed by atoms with E-state index in [1.54, 1.807) is 0 Å². The minimum Gasteiger partial charge on any atom is -0.268 e. The zero-order chi connectivity index (χ0) is 14.6. The maximum atomic E-state index is 11.8. The molecule has 0 saturated carbocycles. The lowest BCUT2D eigenvalue weighted by molar-refractivity contribution is 0.387. The van der Waals surface area contributed by atoms with Crippen LogP contribution >= 0.6 is 0 Å². The van der Waals surface area contributed by atoms with Crippen molar-refractivity contribution in [2.24, 2.45) is 11.1 Å². The molecule has 0 radical (unpaired) electrons. The highest BCUT2D eigenvalue weighted by Crippen LogP contribution is 2.22. The minimum absolute atomic E-state index is 0.239. The number of nitrogens with two attached hydrogens (primary N) is 1. The second-order valence-corrected chi connectivity index (χ2v) is 6.34. The van der Waals surface area contributed by atoms with Gasteiger partial charge in [-0.2, -0.15) is 5.10 Å². The van der Waals surface area contributed by atoms with Crippen molar-refractivity contribution in [1.82, 2.24) is 9.78 Å². The van der Waals surface area contributed by atoms with E-state index in [1.807, 2.05) is 18.5 Å². The van der Waals surface area contributed by atoms with Gasteiger partial charge in [0.2, 0.25) is 10.0 Å². The zero-order valence-corrected chi connectivity index (χ0v) is 13.1. The Balaban J connectivity index is 3.31. The fourth-order valence-corrected chi connectivity index (χ4v) is 3.47. The number of nitrogens with zero attached hydrogens (tertiary/aromatic N) is 2. The molecule has 0 aliphatic rings. The van der Waals surface area contributed by atoms with E-state index in [1.165, 1.54) is 0 Å². The first-order chi connectivity index (χ1) is 8.88. The third-order valence-corrected chi connectivity index (χ3v) is 4.66. The highest BCUT2D eigenvalue weighted by molar-refractivity contribution is 7.89. The molecule has 0 fully saturated rings. The Hall–Kier alpha value is -0.880. The summed E-state index contributed by atoms with van der Waals surface area (Å²) in [6.07, 6.45) is 3.32. The van der Waals surface area contributed by atoms with Gasteiger partial charge in [-0.1, -0.05) is 40.5 Å². The monoisotopic (exact) mass is 287 g/mol. The predicted molar refractivity (Wildman–Crippen MR) is 76.4 cm³/mol. The van der Waals surface area contributed by atoms with Crippen LogP contribution in [0.3, 0.4) is 0 Å². The third kappa shape index (κ3) is 3.57. The van der Waals surface area contributed by atoms with E-state index in [2.05, 4.69) is 18.9 Å². The standard InChI is InChI=1S/C13H25N3O2S/c1-5-10(6-2)9-16-12(8-4)13(19(14,17)18)11(7-3)15-16/h10H,5-9H2,1-4H3,(H2,14,17,18). The molecular formula is C13H25N3O2S. The van der Waals surface area contributed by atoms with E-state index < -0.39 is 10.0 Å². The molecule has 2 N–H and O–H groups in total. The van der Waals surface area contributed by atoms with Crippen LogP contribution < -0.4 is 5.14 Å². The summed E-state index contributed by atoms with van der Waals surface area (Å²) in [6, 6.07) is 0. The highest BCUT2D eigenvalue weighted by Gasteiger charge is 2.24. The van der Waals surface area contributed by atoms with Gasteiger partial charge in [-0.15, -0.1) is 0 Å². The lowest BCUT2D eigenvalue weighted by Crippen LogP contribution is -2.17. The van der Waals surface area contributed by atoms with Crippen molar-refractivity contribution in [3.8, 4) is 0 Å². The second-order valence-electron chi connectivity index (χ2n) is 4.84. The molecule has 0 aromatic carbocycles. The third-order valence-electron chi connectivity index (χ3n) is 3.62. The summed E-state index contributed by atoms with van der Waals surface area (Å²) in [5, 5.41) is 9.80. The minimum atomic E-state index is -3.70. The van der Waals surface area contributed by atoms with Gasteiger partial charge in [0, 0.05) is 6.54 Å². The Labute approximate surface area is 116 Å². The molecule has 0 bridgehead atoms. The molecule has 0 spiro atoms. The van der Waals surface area contributed by atoms with Crippen molar-refractivity contribution in [2.75, 3.05) is 0 Å². The molecule has 0 aliphatic carbocycles. The number of hydrogen-bond donors (Lipinski definition) is 1. The van der Waals surface area contributed by atoms with Gasteiger partial charge in [-0.25, -0.2) is 13.6 Å². The van der Waals surface area contributed by atoms with Crippen LogP contribution in [-0.2, 0) is 29.4 Å². The van der Waals surface area contributed by atoms with Crippen molar-refractivity contribution >= 4 is 10.0 Å². The van der Waals surface area contributed by atoms with E-state index in [4.69, 9.17) is 5.14 Å². The number of primary sulfonamides is 1. The van der Waals surface area contributed by atoms with Gasteiger partial charge >= 0.3 is 0 Å². The molecule has 1 aromatic rings. The number of aryl methyl sites for hydroxylation is 1. The van der Waals surface area contributed by atoms with Gasteiger partial charge in [0.15, 0.2) is 0 Å². The zero-order valence-electron chi connectivity index (χ0n) is 12.3. The molecule has 1 heterocycles. The van der Waals surface area contributed by atoms with Crippen LogP contribution in [0.25, 0.3) is 0 Å². The fourth-order valence-electron chi connectivity index (χ4n) is 2.38. The van der Waals surface area contributed by atoms with E-state index in [0.29, 0.717) is 24.5 Å². The second kappa shape index (κ2) is 6.52. The van der Waals surface area contributed by atoms with Gasteiger partial charge in [-0.05, 0) is 18.8 Å². The summed E-state index contributed by atoms with van der Waals surface area (Å²) in [6.45, 7) is 8.89.